The molecule has 2 aromatic rings. The van der Waals surface area contributed by atoms with Crippen LogP contribution >= 0.6 is 0 Å². The maximum Gasteiger partial charge on any atom is 0.227 e. The number of carbonyl (C=O) groups is 1. The van der Waals surface area contributed by atoms with Crippen LogP contribution in [0.4, 0.5) is 0 Å². The van der Waals surface area contributed by atoms with E-state index in [2.05, 4.69) is 20.2 Å². The van der Waals surface area contributed by atoms with Crippen molar-refractivity contribution >= 4 is 5.91 Å². The Bertz CT molecular complexity index is 689. The average Bonchev–Trinajstić information content (AvgIpc) is 2.87. The third-order valence-corrected chi connectivity index (χ3v) is 4.57. The van der Waals surface area contributed by atoms with Gasteiger partial charge in [0, 0.05) is 42.7 Å². The zero-order valence-corrected chi connectivity index (χ0v) is 14.0. The zero-order valence-electron chi connectivity index (χ0n) is 14.0. The molecule has 1 unspecified atom stereocenters. The normalized spacial score (nSPS) is 18.2. The Labute approximate surface area is 136 Å². The largest absolute Gasteiger partial charge is 0.342 e. The Morgan fingerprint density at radius 1 is 1.35 bits per heavy atom. The lowest BCUT2D eigenvalue weighted by atomic mass is 9.94. The highest BCUT2D eigenvalue weighted by Crippen LogP contribution is 2.26. The number of rotatable bonds is 3. The number of hydrogen-bond acceptors (Lipinski definition) is 4. The first-order chi connectivity index (χ1) is 11.0. The van der Waals surface area contributed by atoms with Crippen LogP contribution in [0, 0.1) is 20.8 Å². The van der Waals surface area contributed by atoms with Gasteiger partial charge in [0.15, 0.2) is 0 Å². The number of likely N-dealkylation sites (tertiary alicyclic amines) is 1. The molecule has 1 N–H and O–H groups in total. The van der Waals surface area contributed by atoms with Crippen molar-refractivity contribution in [2.45, 2.75) is 46.0 Å². The lowest BCUT2D eigenvalue weighted by Crippen LogP contribution is -2.40. The second-order valence-electron chi connectivity index (χ2n) is 6.35. The minimum absolute atomic E-state index is 0.169. The van der Waals surface area contributed by atoms with Crippen molar-refractivity contribution in [3.63, 3.8) is 0 Å². The van der Waals surface area contributed by atoms with Crippen molar-refractivity contribution in [3.8, 4) is 0 Å². The van der Waals surface area contributed by atoms with E-state index in [1.165, 1.54) is 0 Å². The van der Waals surface area contributed by atoms with Gasteiger partial charge in [0.05, 0.1) is 23.5 Å². The van der Waals surface area contributed by atoms with Crippen molar-refractivity contribution < 1.29 is 4.79 Å². The van der Waals surface area contributed by atoms with Gasteiger partial charge in [-0.15, -0.1) is 0 Å². The van der Waals surface area contributed by atoms with Gasteiger partial charge in [0.2, 0.25) is 5.91 Å². The highest BCUT2D eigenvalue weighted by molar-refractivity contribution is 5.79. The van der Waals surface area contributed by atoms with Gasteiger partial charge >= 0.3 is 0 Å². The number of aromatic amines is 1. The molecule has 0 aromatic carbocycles. The molecule has 3 heterocycles. The summed E-state index contributed by atoms with van der Waals surface area (Å²) < 4.78 is 0. The monoisotopic (exact) mass is 313 g/mol. The first-order valence-electron chi connectivity index (χ1n) is 8.11. The van der Waals surface area contributed by atoms with Crippen LogP contribution in [0.25, 0.3) is 0 Å². The van der Waals surface area contributed by atoms with Crippen LogP contribution in [0.5, 0.6) is 0 Å². The highest BCUT2D eigenvalue weighted by Gasteiger charge is 2.26. The molecule has 1 fully saturated rings. The number of aryl methyl sites for hydroxylation is 3. The maximum atomic E-state index is 12.7. The minimum Gasteiger partial charge on any atom is -0.342 e. The molecule has 23 heavy (non-hydrogen) atoms. The van der Waals surface area contributed by atoms with Crippen LogP contribution in [0.15, 0.2) is 12.4 Å². The molecule has 0 aliphatic carbocycles. The van der Waals surface area contributed by atoms with E-state index in [0.717, 1.165) is 54.3 Å². The molecule has 0 spiro atoms. The smallest absolute Gasteiger partial charge is 0.227 e. The van der Waals surface area contributed by atoms with Crippen molar-refractivity contribution in [2.24, 2.45) is 0 Å². The Hall–Kier alpha value is -2.24. The molecule has 1 atom stereocenters. The summed E-state index contributed by atoms with van der Waals surface area (Å²) in [5, 5.41) is 7.12. The number of amides is 1. The molecule has 1 aliphatic rings. The van der Waals surface area contributed by atoms with Gasteiger partial charge in [0.1, 0.15) is 0 Å². The molecule has 2 aromatic heterocycles. The highest BCUT2D eigenvalue weighted by atomic mass is 16.2. The van der Waals surface area contributed by atoms with Crippen LogP contribution in [0.2, 0.25) is 0 Å². The molecule has 0 bridgehead atoms. The first kappa shape index (κ1) is 15.6. The predicted octanol–water partition coefficient (Wildman–Crippen LogP) is 2.07. The maximum absolute atomic E-state index is 12.7. The van der Waals surface area contributed by atoms with Gasteiger partial charge < -0.3 is 4.90 Å². The van der Waals surface area contributed by atoms with Crippen LogP contribution in [0.3, 0.4) is 0 Å². The van der Waals surface area contributed by atoms with Crippen molar-refractivity contribution in [1.29, 1.82) is 0 Å². The van der Waals surface area contributed by atoms with E-state index >= 15 is 0 Å². The van der Waals surface area contributed by atoms with E-state index in [0.29, 0.717) is 6.42 Å². The Morgan fingerprint density at radius 2 is 2.17 bits per heavy atom. The molecule has 1 aliphatic heterocycles. The van der Waals surface area contributed by atoms with Gasteiger partial charge in [-0.25, -0.2) is 0 Å². The number of hydrogen-bond donors (Lipinski definition) is 1. The van der Waals surface area contributed by atoms with E-state index in [1.807, 2.05) is 31.9 Å². The SMILES string of the molecule is Cc1cncc(C2CCCN(C(=O)Cc3c(C)n[nH]c3C)C2)n1. The van der Waals surface area contributed by atoms with E-state index < -0.39 is 0 Å². The van der Waals surface area contributed by atoms with Crippen LogP contribution < -0.4 is 0 Å². The summed E-state index contributed by atoms with van der Waals surface area (Å²) in [7, 11) is 0. The number of H-pyrrole nitrogens is 1. The van der Waals surface area contributed by atoms with E-state index in [4.69, 9.17) is 0 Å². The van der Waals surface area contributed by atoms with Gasteiger partial charge in [-0.3, -0.25) is 19.9 Å². The molecular formula is C17H23N5O. The van der Waals surface area contributed by atoms with Crippen molar-refractivity contribution in [1.82, 2.24) is 25.1 Å². The summed E-state index contributed by atoms with van der Waals surface area (Å²) in [4.78, 5) is 23.4. The summed E-state index contributed by atoms with van der Waals surface area (Å²) in [6, 6.07) is 0. The van der Waals surface area contributed by atoms with Crippen LogP contribution in [-0.2, 0) is 11.2 Å². The molecule has 3 rings (SSSR count). The number of piperidine rings is 1. The van der Waals surface area contributed by atoms with Gasteiger partial charge in [-0.05, 0) is 33.6 Å². The van der Waals surface area contributed by atoms with E-state index in [1.54, 1.807) is 6.20 Å². The molecule has 0 saturated carbocycles. The minimum atomic E-state index is 0.169. The van der Waals surface area contributed by atoms with Crippen molar-refractivity contribution in [2.75, 3.05) is 13.1 Å². The Balaban J connectivity index is 1.70. The third kappa shape index (κ3) is 3.41. The quantitative estimate of drug-likeness (QED) is 0.941. The van der Waals surface area contributed by atoms with Crippen LogP contribution in [-0.4, -0.2) is 44.1 Å². The third-order valence-electron chi connectivity index (χ3n) is 4.57. The van der Waals surface area contributed by atoms with Crippen LogP contribution in [0.1, 0.15) is 47.1 Å². The second-order valence-corrected chi connectivity index (χ2v) is 6.35. The number of carbonyl (C=O) groups excluding carboxylic acids is 1. The second kappa shape index (κ2) is 6.48. The number of nitrogens with zero attached hydrogens (tertiary/aromatic N) is 4. The topological polar surface area (TPSA) is 74.8 Å². The Morgan fingerprint density at radius 3 is 2.87 bits per heavy atom. The molecular weight excluding hydrogens is 290 g/mol. The lowest BCUT2D eigenvalue weighted by Gasteiger charge is -2.32. The van der Waals surface area contributed by atoms with Crippen molar-refractivity contribution in [3.05, 3.63) is 40.7 Å². The molecule has 122 valence electrons. The van der Waals surface area contributed by atoms with Gasteiger partial charge in [-0.1, -0.05) is 0 Å². The Kier molecular flexibility index (Phi) is 4.41. The fourth-order valence-electron chi connectivity index (χ4n) is 3.22. The fraction of sp³-hybridized carbons (Fsp3) is 0.529. The average molecular weight is 313 g/mol. The number of aromatic nitrogens is 4. The standard InChI is InChI=1S/C17H23N5O/c1-11-8-18-9-16(19-11)14-5-4-6-22(10-14)17(23)7-15-12(2)20-21-13(15)3/h8-9,14H,4-7,10H2,1-3H3,(H,20,21). The van der Waals surface area contributed by atoms with E-state index in [-0.39, 0.29) is 11.8 Å². The zero-order chi connectivity index (χ0) is 16.4. The number of nitrogens with one attached hydrogen (secondary N) is 1. The lowest BCUT2D eigenvalue weighted by molar-refractivity contribution is -0.131. The molecule has 6 nitrogen and oxygen atoms in total. The molecule has 1 amide bonds. The summed E-state index contributed by atoms with van der Waals surface area (Å²) in [5.41, 5.74) is 4.84. The summed E-state index contributed by atoms with van der Waals surface area (Å²) in [6.07, 6.45) is 6.08. The van der Waals surface area contributed by atoms with E-state index in [9.17, 15) is 4.79 Å². The summed E-state index contributed by atoms with van der Waals surface area (Å²) >= 11 is 0. The molecule has 1 saturated heterocycles. The molecule has 6 heteroatoms. The summed E-state index contributed by atoms with van der Waals surface area (Å²) in [5.74, 6) is 0.453. The predicted molar refractivity (Wildman–Crippen MR) is 87.1 cm³/mol. The molecule has 0 radical (unpaired) electrons. The fourth-order valence-corrected chi connectivity index (χ4v) is 3.22. The first-order valence-corrected chi connectivity index (χ1v) is 8.11. The van der Waals surface area contributed by atoms with Gasteiger partial charge in [-0.2, -0.15) is 5.10 Å². The summed E-state index contributed by atoms with van der Waals surface area (Å²) in [6.45, 7) is 7.40. The van der Waals surface area contributed by atoms with Gasteiger partial charge in [0.25, 0.3) is 0 Å².